The van der Waals surface area contributed by atoms with Crippen molar-refractivity contribution in [3.63, 3.8) is 0 Å². The maximum Gasteiger partial charge on any atom is 0.481 e. The van der Waals surface area contributed by atoms with Crippen molar-refractivity contribution in [3.05, 3.63) is 78.1 Å². The van der Waals surface area contributed by atoms with Crippen LogP contribution in [0.3, 0.4) is 0 Å². The highest BCUT2D eigenvalue weighted by Crippen LogP contribution is 2.65. The molecule has 1 amide bonds. The minimum absolute atomic E-state index is 0.0369. The van der Waals surface area contributed by atoms with E-state index >= 15 is 0 Å². The monoisotopic (exact) mass is 605 g/mol. The van der Waals surface area contributed by atoms with Crippen molar-refractivity contribution in [2.24, 2.45) is 29.1 Å². The van der Waals surface area contributed by atoms with E-state index in [4.69, 9.17) is 9.31 Å². The number of hydrogen-bond acceptors (Lipinski definition) is 5. The number of nitrogens with zero attached hydrogens (tertiary/aromatic N) is 1. The average molecular weight is 606 g/mol. The number of amides is 1. The first kappa shape index (κ1) is 30.2. The van der Waals surface area contributed by atoms with Crippen LogP contribution in [0.4, 0.5) is 0 Å². The van der Waals surface area contributed by atoms with Gasteiger partial charge in [0.25, 0.3) is 0 Å². The molecule has 4 aromatic rings. The molecule has 0 unspecified atom stereocenters. The van der Waals surface area contributed by atoms with Crippen molar-refractivity contribution in [2.75, 3.05) is 0 Å². The molecule has 0 radical (unpaired) electrons. The van der Waals surface area contributed by atoms with Crippen molar-refractivity contribution in [2.45, 2.75) is 84.4 Å². The van der Waals surface area contributed by atoms with E-state index in [9.17, 15) is 9.59 Å². The predicted molar refractivity (Wildman–Crippen MR) is 178 cm³/mol. The van der Waals surface area contributed by atoms with Gasteiger partial charge in [0.05, 0.1) is 23.2 Å². The number of carbonyl (C=O) groups excluding carboxylic acids is 2. The molecule has 2 aromatic carbocycles. The summed E-state index contributed by atoms with van der Waals surface area (Å²) in [6.07, 6.45) is 7.02. The van der Waals surface area contributed by atoms with Crippen LogP contribution in [0, 0.1) is 29.1 Å². The van der Waals surface area contributed by atoms with Gasteiger partial charge in [0.2, 0.25) is 5.91 Å². The number of nitrogens with one attached hydrogen (secondary N) is 2. The van der Waals surface area contributed by atoms with Gasteiger partial charge < -0.3 is 19.6 Å². The molecule has 6 atom stereocenters. The third-order valence-electron chi connectivity index (χ3n) is 11.2. The maximum atomic E-state index is 14.3. The molecular formula is C37H44BN3O4. The van der Waals surface area contributed by atoms with Crippen LogP contribution in [0.5, 0.6) is 0 Å². The van der Waals surface area contributed by atoms with Crippen LogP contribution in [-0.2, 0) is 20.5 Å². The zero-order valence-corrected chi connectivity index (χ0v) is 27.0. The number of aromatic nitrogens is 2. The highest BCUT2D eigenvalue weighted by molar-refractivity contribution is 6.47. The quantitative estimate of drug-likeness (QED) is 0.151. The lowest BCUT2D eigenvalue weighted by atomic mass is 9.43. The first-order valence-electron chi connectivity index (χ1n) is 16.6. The Morgan fingerprint density at radius 3 is 2.67 bits per heavy atom. The van der Waals surface area contributed by atoms with Crippen molar-refractivity contribution in [1.29, 1.82) is 0 Å². The van der Waals surface area contributed by atoms with Gasteiger partial charge in [0.1, 0.15) is 0 Å². The summed E-state index contributed by atoms with van der Waals surface area (Å²) < 4.78 is 13.5. The summed E-state index contributed by atoms with van der Waals surface area (Å²) in [5, 5.41) is 5.32. The summed E-state index contributed by atoms with van der Waals surface area (Å²) in [7, 11) is -0.518. The molecule has 7 nitrogen and oxygen atoms in total. The Morgan fingerprint density at radius 2 is 1.87 bits per heavy atom. The molecule has 3 heterocycles. The molecule has 8 heteroatoms. The first-order valence-corrected chi connectivity index (χ1v) is 16.6. The average Bonchev–Trinajstić information content (AvgIpc) is 3.60. The van der Waals surface area contributed by atoms with Gasteiger partial charge in [-0.05, 0) is 79.5 Å². The number of pyridine rings is 1. The Hall–Kier alpha value is -3.49. The molecule has 1 aliphatic heterocycles. The maximum absolute atomic E-state index is 14.3. The van der Waals surface area contributed by atoms with Gasteiger partial charge in [-0.15, -0.1) is 0 Å². The van der Waals surface area contributed by atoms with Gasteiger partial charge in [-0.25, -0.2) is 0 Å². The molecule has 234 valence electrons. The Kier molecular flexibility index (Phi) is 7.64. The van der Waals surface area contributed by atoms with Gasteiger partial charge in [-0.1, -0.05) is 64.1 Å². The number of fused-ring (bicyclic) bond motifs is 2. The van der Waals surface area contributed by atoms with E-state index in [1.54, 1.807) is 6.20 Å². The molecular weight excluding hydrogens is 561 g/mol. The van der Waals surface area contributed by atoms with Gasteiger partial charge >= 0.3 is 7.12 Å². The number of carbonyl (C=O) groups is 2. The van der Waals surface area contributed by atoms with Crippen molar-refractivity contribution < 1.29 is 18.9 Å². The number of ketones is 1. The van der Waals surface area contributed by atoms with Crippen molar-refractivity contribution in [3.8, 4) is 0 Å². The van der Waals surface area contributed by atoms with Crippen molar-refractivity contribution >= 4 is 40.6 Å². The minimum Gasteiger partial charge on any atom is -0.404 e. The standard InChI is InChI=1S/C37H44BN3O4/c1-22(2)14-34(38-44-33-19-27-18-32(36(27,3)4)37(33,5)45-38)41-35(43)24(16-25-20-40-30-13-9-7-11-28(25)30)17-31(42)26-15-23-10-6-8-12-29(23)39-21-26/h6-13,15,20-22,24,27,32-34,40H,14,16-19H2,1-5H3,(H,41,43)/t24-,27+,32+,33-,34+,37+/m1/s1. The van der Waals surface area contributed by atoms with Gasteiger partial charge in [-0.2, -0.15) is 0 Å². The molecule has 3 aliphatic carbocycles. The van der Waals surface area contributed by atoms with E-state index in [2.05, 4.69) is 56.0 Å². The molecule has 2 aromatic heterocycles. The molecule has 4 aliphatic rings. The summed E-state index contributed by atoms with van der Waals surface area (Å²) in [5.41, 5.74) is 3.27. The molecule has 3 saturated carbocycles. The molecule has 4 fully saturated rings. The van der Waals surface area contributed by atoms with E-state index in [1.165, 1.54) is 6.42 Å². The Balaban J connectivity index is 1.15. The van der Waals surface area contributed by atoms with E-state index in [-0.39, 0.29) is 41.2 Å². The zero-order valence-electron chi connectivity index (χ0n) is 27.0. The minimum atomic E-state index is -0.580. The number of aromatic amines is 1. The lowest BCUT2D eigenvalue weighted by molar-refractivity contribution is -0.199. The molecule has 2 bridgehead atoms. The number of Topliss-reactive ketones (excluding diaryl/α,β-unsaturated/α-hetero) is 1. The summed E-state index contributed by atoms with van der Waals surface area (Å²) in [6, 6.07) is 17.7. The number of benzene rings is 2. The second-order valence-corrected chi connectivity index (χ2v) is 14.9. The van der Waals surface area contributed by atoms with Crippen LogP contribution in [0.2, 0.25) is 0 Å². The lowest BCUT2D eigenvalue weighted by Crippen LogP contribution is -2.65. The fourth-order valence-electron chi connectivity index (χ4n) is 8.51. The van der Waals surface area contributed by atoms with Gasteiger partial charge in [0.15, 0.2) is 5.78 Å². The number of hydrogen-bond donors (Lipinski definition) is 2. The van der Waals surface area contributed by atoms with Crippen molar-refractivity contribution in [1.82, 2.24) is 15.3 Å². The first-order chi connectivity index (χ1) is 21.5. The molecule has 2 N–H and O–H groups in total. The topological polar surface area (TPSA) is 93.3 Å². The highest BCUT2D eigenvalue weighted by Gasteiger charge is 2.68. The summed E-state index contributed by atoms with van der Waals surface area (Å²) in [4.78, 5) is 35.9. The van der Waals surface area contributed by atoms with Gasteiger partial charge in [-0.3, -0.25) is 14.6 Å². The van der Waals surface area contributed by atoms with Crippen LogP contribution in [-0.4, -0.2) is 46.4 Å². The fourth-order valence-corrected chi connectivity index (χ4v) is 8.51. The van der Waals surface area contributed by atoms with E-state index < -0.39 is 13.0 Å². The molecule has 0 spiro atoms. The second-order valence-electron chi connectivity index (χ2n) is 14.9. The van der Waals surface area contributed by atoms with E-state index in [0.29, 0.717) is 29.7 Å². The highest BCUT2D eigenvalue weighted by atomic mass is 16.7. The molecule has 1 saturated heterocycles. The number of para-hydroxylation sites is 2. The molecule has 8 rings (SSSR count). The lowest BCUT2D eigenvalue weighted by Gasteiger charge is -2.64. The Morgan fingerprint density at radius 1 is 1.09 bits per heavy atom. The van der Waals surface area contributed by atoms with Crippen LogP contribution in [0.15, 0.2) is 67.0 Å². The number of H-pyrrole nitrogens is 1. The van der Waals surface area contributed by atoms with Crippen LogP contribution < -0.4 is 5.32 Å². The fraction of sp³-hybridized carbons (Fsp3) is 0.486. The SMILES string of the molecule is CC(C)C[C@H](NC(=O)[C@@H](CC(=O)c1cnc2ccccc2c1)Cc1c[nH]c2ccccc12)B1O[C@@H]2C[C@@H]3C[C@@H](C3(C)C)[C@]2(C)O1. The van der Waals surface area contributed by atoms with E-state index in [1.807, 2.05) is 54.7 Å². The summed E-state index contributed by atoms with van der Waals surface area (Å²) >= 11 is 0. The van der Waals surface area contributed by atoms with Crippen LogP contribution in [0.1, 0.15) is 76.2 Å². The number of rotatable bonds is 10. The van der Waals surface area contributed by atoms with Crippen LogP contribution >= 0.6 is 0 Å². The molecule has 45 heavy (non-hydrogen) atoms. The second kappa shape index (κ2) is 11.4. The smallest absolute Gasteiger partial charge is 0.404 e. The van der Waals surface area contributed by atoms with Gasteiger partial charge in [0, 0.05) is 46.6 Å². The summed E-state index contributed by atoms with van der Waals surface area (Å²) in [6.45, 7) is 11.2. The Bertz CT molecular complexity index is 1750. The zero-order chi connectivity index (χ0) is 31.5. The van der Waals surface area contributed by atoms with E-state index in [0.717, 1.165) is 40.2 Å². The normalized spacial score (nSPS) is 26.4. The third kappa shape index (κ3) is 5.40. The third-order valence-corrected chi connectivity index (χ3v) is 11.2. The largest absolute Gasteiger partial charge is 0.481 e. The summed E-state index contributed by atoms with van der Waals surface area (Å²) in [5.74, 6) is 0.272. The predicted octanol–water partition coefficient (Wildman–Crippen LogP) is 6.95. The Labute approximate surface area is 266 Å². The van der Waals surface area contributed by atoms with Crippen LogP contribution in [0.25, 0.3) is 21.8 Å².